The van der Waals surface area contributed by atoms with Gasteiger partial charge >= 0.3 is 0 Å². The minimum atomic E-state index is -0.596. The van der Waals surface area contributed by atoms with Crippen LogP contribution in [0.3, 0.4) is 0 Å². The Hall–Kier alpha value is -4.26. The molecule has 1 heterocycles. The largest absolute Gasteiger partial charge is 0.290 e. The lowest BCUT2D eigenvalue weighted by Gasteiger charge is -2.12. The summed E-state index contributed by atoms with van der Waals surface area (Å²) in [6.07, 6.45) is 0.128. The fourth-order valence-electron chi connectivity index (χ4n) is 3.60. The average molecular weight is 441 g/mol. The zero-order valence-corrected chi connectivity index (χ0v) is 18.5. The van der Waals surface area contributed by atoms with E-state index in [-0.39, 0.29) is 30.1 Å². The predicted molar refractivity (Wildman–Crippen MR) is 127 cm³/mol. The van der Waals surface area contributed by atoms with Crippen LogP contribution >= 0.6 is 0 Å². The standard InChI is InChI=1S/C26H24N4O3/c1-17-12-13-20(14-18(17)2)15-23(31)27-28-25(32)24-21-10-6-7-11-22(21)26(33)30(29-24)16-19-8-4-3-5-9-19/h3-14H,15-16H2,1-2H3,(H,27,31)(H,28,32). The minimum absolute atomic E-state index is 0.0626. The van der Waals surface area contributed by atoms with Gasteiger partial charge in [-0.1, -0.05) is 66.7 Å². The zero-order chi connectivity index (χ0) is 23.4. The molecule has 0 aliphatic heterocycles. The number of carbonyl (C=O) groups excluding carboxylic acids is 2. The lowest BCUT2D eigenvalue weighted by atomic mass is 10.0. The van der Waals surface area contributed by atoms with Crippen molar-refractivity contribution in [1.29, 1.82) is 0 Å². The van der Waals surface area contributed by atoms with E-state index in [0.717, 1.165) is 22.3 Å². The molecule has 0 aliphatic rings. The quantitative estimate of drug-likeness (QED) is 0.467. The van der Waals surface area contributed by atoms with E-state index in [4.69, 9.17) is 0 Å². The number of benzene rings is 3. The van der Waals surface area contributed by atoms with Crippen molar-refractivity contribution in [1.82, 2.24) is 20.6 Å². The van der Waals surface area contributed by atoms with Crippen LogP contribution < -0.4 is 16.4 Å². The number of rotatable bonds is 5. The number of aryl methyl sites for hydroxylation is 2. The summed E-state index contributed by atoms with van der Waals surface area (Å²) < 4.78 is 1.27. The topological polar surface area (TPSA) is 93.1 Å². The second-order valence-corrected chi connectivity index (χ2v) is 7.94. The Morgan fingerprint density at radius 3 is 2.24 bits per heavy atom. The fourth-order valence-corrected chi connectivity index (χ4v) is 3.60. The molecule has 0 aliphatic carbocycles. The molecular formula is C26H24N4O3. The van der Waals surface area contributed by atoms with Gasteiger partial charge in [-0.3, -0.25) is 25.2 Å². The molecule has 7 heteroatoms. The van der Waals surface area contributed by atoms with Crippen molar-refractivity contribution in [3.8, 4) is 0 Å². The highest BCUT2D eigenvalue weighted by atomic mass is 16.2. The van der Waals surface area contributed by atoms with E-state index < -0.39 is 5.91 Å². The molecule has 0 saturated carbocycles. The molecule has 33 heavy (non-hydrogen) atoms. The predicted octanol–water partition coefficient (Wildman–Crippen LogP) is 3.07. The molecule has 0 spiro atoms. The van der Waals surface area contributed by atoms with Crippen LogP contribution in [0.15, 0.2) is 77.6 Å². The van der Waals surface area contributed by atoms with Gasteiger partial charge in [0.25, 0.3) is 11.5 Å². The molecule has 0 bridgehead atoms. The van der Waals surface area contributed by atoms with Crippen molar-refractivity contribution in [2.75, 3.05) is 0 Å². The summed E-state index contributed by atoms with van der Waals surface area (Å²) in [4.78, 5) is 38.2. The van der Waals surface area contributed by atoms with Crippen molar-refractivity contribution < 1.29 is 9.59 Å². The number of aromatic nitrogens is 2. The number of hydrazine groups is 1. The van der Waals surface area contributed by atoms with Gasteiger partial charge in [-0.2, -0.15) is 5.10 Å². The van der Waals surface area contributed by atoms with Crippen LogP contribution in [0.25, 0.3) is 10.8 Å². The van der Waals surface area contributed by atoms with E-state index in [1.165, 1.54) is 4.68 Å². The highest BCUT2D eigenvalue weighted by Crippen LogP contribution is 2.14. The van der Waals surface area contributed by atoms with Gasteiger partial charge in [-0.05, 0) is 42.2 Å². The monoisotopic (exact) mass is 440 g/mol. The minimum Gasteiger partial charge on any atom is -0.273 e. The molecule has 0 fully saturated rings. The molecular weight excluding hydrogens is 416 g/mol. The molecule has 1 aromatic heterocycles. The smallest absolute Gasteiger partial charge is 0.273 e. The first-order chi connectivity index (χ1) is 15.9. The Morgan fingerprint density at radius 1 is 0.818 bits per heavy atom. The Bertz CT molecular complexity index is 1390. The maximum absolute atomic E-state index is 12.9. The van der Waals surface area contributed by atoms with Crippen LogP contribution in [-0.2, 0) is 17.8 Å². The van der Waals surface area contributed by atoms with Crippen LogP contribution in [0.5, 0.6) is 0 Å². The highest BCUT2D eigenvalue weighted by molar-refractivity contribution is 6.05. The van der Waals surface area contributed by atoms with Crippen molar-refractivity contribution in [3.05, 3.63) is 111 Å². The summed E-state index contributed by atoms with van der Waals surface area (Å²) in [6.45, 7) is 4.22. The number of fused-ring (bicyclic) bond motifs is 1. The Morgan fingerprint density at radius 2 is 1.52 bits per heavy atom. The first kappa shape index (κ1) is 22.0. The third-order valence-electron chi connectivity index (χ3n) is 5.51. The zero-order valence-electron chi connectivity index (χ0n) is 18.5. The lowest BCUT2D eigenvalue weighted by Crippen LogP contribution is -2.43. The lowest BCUT2D eigenvalue weighted by molar-refractivity contribution is -0.121. The molecule has 0 unspecified atom stereocenters. The molecule has 166 valence electrons. The van der Waals surface area contributed by atoms with Gasteiger partial charge in [-0.25, -0.2) is 4.68 Å². The van der Waals surface area contributed by atoms with Gasteiger partial charge < -0.3 is 0 Å². The molecule has 0 radical (unpaired) electrons. The van der Waals surface area contributed by atoms with E-state index >= 15 is 0 Å². The van der Waals surface area contributed by atoms with Gasteiger partial charge in [0.2, 0.25) is 5.91 Å². The van der Waals surface area contributed by atoms with Crippen molar-refractivity contribution in [2.24, 2.45) is 0 Å². The van der Waals surface area contributed by atoms with Gasteiger partial charge in [0.1, 0.15) is 0 Å². The van der Waals surface area contributed by atoms with E-state index in [1.807, 2.05) is 62.4 Å². The van der Waals surface area contributed by atoms with Crippen molar-refractivity contribution >= 4 is 22.6 Å². The normalized spacial score (nSPS) is 10.7. The maximum atomic E-state index is 12.9. The summed E-state index contributed by atoms with van der Waals surface area (Å²) in [5.41, 5.74) is 8.64. The third-order valence-corrected chi connectivity index (χ3v) is 5.51. The molecule has 7 nitrogen and oxygen atoms in total. The molecule has 4 rings (SSSR count). The van der Waals surface area contributed by atoms with Gasteiger partial charge in [0.05, 0.1) is 18.4 Å². The number of amides is 2. The van der Waals surface area contributed by atoms with Crippen LogP contribution in [0, 0.1) is 13.8 Å². The van der Waals surface area contributed by atoms with E-state index in [1.54, 1.807) is 24.3 Å². The van der Waals surface area contributed by atoms with E-state index in [0.29, 0.717) is 10.8 Å². The Kier molecular flexibility index (Phi) is 6.31. The molecule has 3 aromatic carbocycles. The van der Waals surface area contributed by atoms with Gasteiger partial charge in [0, 0.05) is 5.39 Å². The van der Waals surface area contributed by atoms with Gasteiger partial charge in [-0.15, -0.1) is 0 Å². The van der Waals surface area contributed by atoms with Crippen LogP contribution in [0.2, 0.25) is 0 Å². The second-order valence-electron chi connectivity index (χ2n) is 7.94. The highest BCUT2D eigenvalue weighted by Gasteiger charge is 2.17. The van der Waals surface area contributed by atoms with E-state index in [2.05, 4.69) is 16.0 Å². The molecule has 2 amide bonds. The number of nitrogens with zero attached hydrogens (tertiary/aromatic N) is 2. The third kappa shape index (κ3) is 4.98. The van der Waals surface area contributed by atoms with Crippen LogP contribution in [0.1, 0.15) is 32.7 Å². The fraction of sp³-hybridized carbons (Fsp3) is 0.154. The summed E-state index contributed by atoms with van der Waals surface area (Å²) >= 11 is 0. The number of hydrogen-bond donors (Lipinski definition) is 2. The molecule has 4 aromatic rings. The molecule has 2 N–H and O–H groups in total. The van der Waals surface area contributed by atoms with E-state index in [9.17, 15) is 14.4 Å². The summed E-state index contributed by atoms with van der Waals surface area (Å²) in [5, 5.41) is 5.13. The van der Waals surface area contributed by atoms with Gasteiger partial charge in [0.15, 0.2) is 5.69 Å². The maximum Gasteiger partial charge on any atom is 0.290 e. The van der Waals surface area contributed by atoms with Crippen LogP contribution in [0.4, 0.5) is 0 Å². The number of nitrogens with one attached hydrogen (secondary N) is 2. The average Bonchev–Trinajstić information content (AvgIpc) is 2.82. The molecule has 0 saturated heterocycles. The Labute approximate surface area is 191 Å². The van der Waals surface area contributed by atoms with Crippen LogP contribution in [-0.4, -0.2) is 21.6 Å². The molecule has 0 atom stereocenters. The number of carbonyl (C=O) groups is 2. The SMILES string of the molecule is Cc1ccc(CC(=O)NNC(=O)c2nn(Cc3ccccc3)c(=O)c3ccccc23)cc1C. The summed E-state index contributed by atoms with van der Waals surface area (Å²) in [7, 11) is 0. The second kappa shape index (κ2) is 9.48. The first-order valence-corrected chi connectivity index (χ1v) is 10.6. The number of hydrogen-bond acceptors (Lipinski definition) is 4. The summed E-state index contributed by atoms with van der Waals surface area (Å²) in [6, 6.07) is 22.0. The first-order valence-electron chi connectivity index (χ1n) is 10.6. The summed E-state index contributed by atoms with van der Waals surface area (Å²) in [5.74, 6) is -0.949. The Balaban J connectivity index is 1.55. The van der Waals surface area contributed by atoms with Crippen molar-refractivity contribution in [2.45, 2.75) is 26.8 Å². The van der Waals surface area contributed by atoms with Crippen molar-refractivity contribution in [3.63, 3.8) is 0 Å².